The number of benzene rings is 4. The summed E-state index contributed by atoms with van der Waals surface area (Å²) in [5, 5.41) is 2.47. The zero-order valence-electron chi connectivity index (χ0n) is 17.5. The number of rotatable bonds is 6. The van der Waals surface area contributed by atoms with Crippen LogP contribution in [0.3, 0.4) is 0 Å². The molecule has 0 aliphatic carbocycles. The van der Waals surface area contributed by atoms with E-state index in [9.17, 15) is 0 Å². The maximum absolute atomic E-state index is 6.69. The lowest BCUT2D eigenvalue weighted by Crippen LogP contribution is -2.19. The van der Waals surface area contributed by atoms with Crippen LogP contribution in [0.25, 0.3) is 21.8 Å². The van der Waals surface area contributed by atoms with Crippen LogP contribution < -0.4 is 10.5 Å². The SMILES string of the molecule is COc1ccc2nc(C(N)Cc3ccccc3)n(Cc3ccc4ccccc4c3)c2c1. The van der Waals surface area contributed by atoms with Gasteiger partial charge in [-0.2, -0.15) is 0 Å². The van der Waals surface area contributed by atoms with Crippen LogP contribution in [0, 0.1) is 0 Å². The molecule has 4 aromatic carbocycles. The molecule has 1 atom stereocenters. The Labute approximate surface area is 181 Å². The van der Waals surface area contributed by atoms with Gasteiger partial charge in [0.15, 0.2) is 0 Å². The van der Waals surface area contributed by atoms with Crippen LogP contribution in [0.5, 0.6) is 5.75 Å². The third kappa shape index (κ3) is 3.90. The lowest BCUT2D eigenvalue weighted by atomic mass is 10.1. The van der Waals surface area contributed by atoms with Crippen LogP contribution in [-0.2, 0) is 13.0 Å². The zero-order valence-corrected chi connectivity index (χ0v) is 17.5. The molecule has 0 aliphatic heterocycles. The fraction of sp³-hybridized carbons (Fsp3) is 0.148. The lowest BCUT2D eigenvalue weighted by Gasteiger charge is -2.16. The Morgan fingerprint density at radius 1 is 0.839 bits per heavy atom. The first-order valence-corrected chi connectivity index (χ1v) is 10.5. The van der Waals surface area contributed by atoms with E-state index in [0.29, 0.717) is 6.54 Å². The summed E-state index contributed by atoms with van der Waals surface area (Å²) in [4.78, 5) is 4.93. The van der Waals surface area contributed by atoms with Gasteiger partial charge in [0, 0.05) is 12.6 Å². The van der Waals surface area contributed by atoms with Crippen LogP contribution >= 0.6 is 0 Å². The Balaban J connectivity index is 1.58. The minimum absolute atomic E-state index is 0.207. The molecular formula is C27H25N3O. The second-order valence-electron chi connectivity index (χ2n) is 7.89. The van der Waals surface area contributed by atoms with Crippen molar-refractivity contribution in [3.8, 4) is 5.75 Å². The normalized spacial score (nSPS) is 12.3. The van der Waals surface area contributed by atoms with Crippen molar-refractivity contribution < 1.29 is 4.74 Å². The summed E-state index contributed by atoms with van der Waals surface area (Å²) < 4.78 is 7.71. The summed E-state index contributed by atoms with van der Waals surface area (Å²) in [7, 11) is 1.69. The number of nitrogens with two attached hydrogens (primary N) is 1. The molecule has 31 heavy (non-hydrogen) atoms. The number of methoxy groups -OCH3 is 1. The predicted molar refractivity (Wildman–Crippen MR) is 126 cm³/mol. The first kappa shape index (κ1) is 19.3. The highest BCUT2D eigenvalue weighted by molar-refractivity contribution is 5.83. The second kappa shape index (κ2) is 8.25. The molecule has 0 fully saturated rings. The number of ether oxygens (including phenoxy) is 1. The summed E-state index contributed by atoms with van der Waals surface area (Å²) in [5.74, 6) is 1.70. The maximum atomic E-state index is 6.69. The van der Waals surface area contributed by atoms with E-state index in [4.69, 9.17) is 15.5 Å². The molecular weight excluding hydrogens is 382 g/mol. The van der Waals surface area contributed by atoms with Crippen molar-refractivity contribution in [1.29, 1.82) is 0 Å². The molecule has 0 saturated carbocycles. The molecule has 0 saturated heterocycles. The predicted octanol–water partition coefficient (Wildman–Crippen LogP) is 5.49. The van der Waals surface area contributed by atoms with Gasteiger partial charge in [0.25, 0.3) is 0 Å². The summed E-state index contributed by atoms with van der Waals surface area (Å²) in [5.41, 5.74) is 11.1. The van der Waals surface area contributed by atoms with Crippen molar-refractivity contribution in [1.82, 2.24) is 9.55 Å². The van der Waals surface area contributed by atoms with Crippen LogP contribution in [-0.4, -0.2) is 16.7 Å². The minimum Gasteiger partial charge on any atom is -0.497 e. The molecule has 0 bridgehead atoms. The van der Waals surface area contributed by atoms with Crippen LogP contribution in [0.2, 0.25) is 0 Å². The van der Waals surface area contributed by atoms with E-state index in [1.807, 2.05) is 36.4 Å². The molecule has 0 aliphatic rings. The Bertz CT molecular complexity index is 1340. The molecule has 4 nitrogen and oxygen atoms in total. The van der Waals surface area contributed by atoms with Gasteiger partial charge in [-0.25, -0.2) is 4.98 Å². The van der Waals surface area contributed by atoms with Gasteiger partial charge in [-0.3, -0.25) is 0 Å². The van der Waals surface area contributed by atoms with Crippen molar-refractivity contribution in [2.24, 2.45) is 5.73 Å². The average Bonchev–Trinajstić information content (AvgIpc) is 3.17. The van der Waals surface area contributed by atoms with E-state index in [1.165, 1.54) is 21.9 Å². The molecule has 0 spiro atoms. The molecule has 154 valence electrons. The van der Waals surface area contributed by atoms with Gasteiger partial charge in [-0.05, 0) is 46.5 Å². The van der Waals surface area contributed by atoms with Gasteiger partial charge in [-0.15, -0.1) is 0 Å². The molecule has 5 aromatic rings. The average molecular weight is 408 g/mol. The van der Waals surface area contributed by atoms with Gasteiger partial charge in [-0.1, -0.05) is 66.7 Å². The molecule has 1 unspecified atom stereocenters. The van der Waals surface area contributed by atoms with Crippen LogP contribution in [0.15, 0.2) is 91.0 Å². The van der Waals surface area contributed by atoms with E-state index in [1.54, 1.807) is 7.11 Å². The Hall–Kier alpha value is -3.63. The number of hydrogen-bond acceptors (Lipinski definition) is 3. The lowest BCUT2D eigenvalue weighted by molar-refractivity contribution is 0.415. The van der Waals surface area contributed by atoms with Crippen molar-refractivity contribution in [3.63, 3.8) is 0 Å². The molecule has 4 heteroatoms. The number of imidazole rings is 1. The number of fused-ring (bicyclic) bond motifs is 2. The van der Waals surface area contributed by atoms with Crippen molar-refractivity contribution in [2.45, 2.75) is 19.0 Å². The molecule has 1 aromatic heterocycles. The molecule has 1 heterocycles. The maximum Gasteiger partial charge on any atom is 0.127 e. The van der Waals surface area contributed by atoms with E-state index in [-0.39, 0.29) is 6.04 Å². The van der Waals surface area contributed by atoms with Gasteiger partial charge < -0.3 is 15.0 Å². The van der Waals surface area contributed by atoms with Gasteiger partial charge in [0.1, 0.15) is 11.6 Å². The van der Waals surface area contributed by atoms with Crippen molar-refractivity contribution >= 4 is 21.8 Å². The molecule has 5 rings (SSSR count). The molecule has 0 amide bonds. The van der Waals surface area contributed by atoms with Crippen LogP contribution in [0.4, 0.5) is 0 Å². The Kier molecular flexibility index (Phi) is 5.14. The highest BCUT2D eigenvalue weighted by atomic mass is 16.5. The van der Waals surface area contributed by atoms with Crippen molar-refractivity contribution in [2.75, 3.05) is 7.11 Å². The summed E-state index contributed by atoms with van der Waals surface area (Å²) in [6, 6.07) is 31.2. The highest BCUT2D eigenvalue weighted by Gasteiger charge is 2.18. The fourth-order valence-corrected chi connectivity index (χ4v) is 4.18. The number of nitrogens with zero attached hydrogens (tertiary/aromatic N) is 2. The van der Waals surface area contributed by atoms with Gasteiger partial charge >= 0.3 is 0 Å². The molecule has 2 N–H and O–H groups in total. The highest BCUT2D eigenvalue weighted by Crippen LogP contribution is 2.27. The van der Waals surface area contributed by atoms with E-state index >= 15 is 0 Å². The van der Waals surface area contributed by atoms with Gasteiger partial charge in [0.2, 0.25) is 0 Å². The second-order valence-corrected chi connectivity index (χ2v) is 7.89. The van der Waals surface area contributed by atoms with Crippen molar-refractivity contribution in [3.05, 3.63) is 108 Å². The van der Waals surface area contributed by atoms with Gasteiger partial charge in [0.05, 0.1) is 24.2 Å². The molecule has 0 radical (unpaired) electrons. The van der Waals surface area contributed by atoms with E-state index in [0.717, 1.165) is 29.0 Å². The first-order chi connectivity index (χ1) is 15.2. The Morgan fingerprint density at radius 2 is 1.61 bits per heavy atom. The third-order valence-corrected chi connectivity index (χ3v) is 5.77. The topological polar surface area (TPSA) is 53.1 Å². The minimum atomic E-state index is -0.207. The summed E-state index contributed by atoms with van der Waals surface area (Å²) in [6.07, 6.45) is 0.735. The number of aromatic nitrogens is 2. The summed E-state index contributed by atoms with van der Waals surface area (Å²) in [6.45, 7) is 0.701. The smallest absolute Gasteiger partial charge is 0.127 e. The quantitative estimate of drug-likeness (QED) is 0.405. The summed E-state index contributed by atoms with van der Waals surface area (Å²) >= 11 is 0. The van der Waals surface area contributed by atoms with Crippen LogP contribution in [0.1, 0.15) is 23.0 Å². The largest absolute Gasteiger partial charge is 0.497 e. The first-order valence-electron chi connectivity index (χ1n) is 10.5. The standard InChI is InChI=1S/C27H25N3O/c1-31-23-13-14-25-26(17-23)30(18-20-11-12-21-9-5-6-10-22(21)15-20)27(29-25)24(28)16-19-7-3-2-4-8-19/h2-15,17,24H,16,18,28H2,1H3. The monoisotopic (exact) mass is 407 g/mol. The zero-order chi connectivity index (χ0) is 21.2. The third-order valence-electron chi connectivity index (χ3n) is 5.77. The van der Waals surface area contributed by atoms with E-state index in [2.05, 4.69) is 59.2 Å². The fourth-order valence-electron chi connectivity index (χ4n) is 4.18. The number of hydrogen-bond donors (Lipinski definition) is 1. The van der Waals surface area contributed by atoms with E-state index < -0.39 is 0 Å². The Morgan fingerprint density at radius 3 is 2.42 bits per heavy atom.